The molecule has 0 aliphatic rings. The molecule has 0 saturated carbocycles. The van der Waals surface area contributed by atoms with Gasteiger partial charge in [0.2, 0.25) is 0 Å². The zero-order valence-corrected chi connectivity index (χ0v) is 16.2. The quantitative estimate of drug-likeness (QED) is 0.476. The molecule has 0 aliphatic carbocycles. The minimum Gasteiger partial charge on any atom is -0.383 e. The zero-order chi connectivity index (χ0) is 19.4. The average Bonchev–Trinajstić information content (AvgIpc) is 3.08. The monoisotopic (exact) mass is 384 g/mol. The van der Waals surface area contributed by atoms with E-state index in [9.17, 15) is 0 Å². The van der Waals surface area contributed by atoms with Crippen LogP contribution in [0, 0.1) is 5.92 Å². The molecule has 142 valence electrons. The van der Waals surface area contributed by atoms with Crippen LogP contribution in [0.15, 0.2) is 42.9 Å². The predicted octanol–water partition coefficient (Wildman–Crippen LogP) is 3.33. The second-order valence-electron chi connectivity index (χ2n) is 6.53. The van der Waals surface area contributed by atoms with Crippen LogP contribution in [0.2, 0.25) is 5.02 Å². The van der Waals surface area contributed by atoms with Crippen LogP contribution in [0.25, 0.3) is 22.2 Å². The van der Waals surface area contributed by atoms with Crippen molar-refractivity contribution in [2.45, 2.75) is 26.4 Å². The summed E-state index contributed by atoms with van der Waals surface area (Å²) < 4.78 is 0. The van der Waals surface area contributed by atoms with E-state index in [0.29, 0.717) is 24.7 Å². The Hall–Kier alpha value is -2.41. The highest BCUT2D eigenvalue weighted by molar-refractivity contribution is 6.34. The van der Waals surface area contributed by atoms with Crippen molar-refractivity contribution in [3.63, 3.8) is 0 Å². The fourth-order valence-electron chi connectivity index (χ4n) is 3.01. The maximum atomic E-state index is 6.48. The summed E-state index contributed by atoms with van der Waals surface area (Å²) in [4.78, 5) is 12.1. The molecule has 1 unspecified atom stereocenters. The van der Waals surface area contributed by atoms with Crippen molar-refractivity contribution in [3.05, 3.63) is 59.3 Å². The zero-order valence-electron chi connectivity index (χ0n) is 15.4. The number of hydrogen-bond acceptors (Lipinski definition) is 5. The third-order valence-electron chi connectivity index (χ3n) is 4.73. The van der Waals surface area contributed by atoms with Crippen LogP contribution in [0.4, 0.5) is 0 Å². The van der Waals surface area contributed by atoms with E-state index in [0.717, 1.165) is 45.7 Å². The molecule has 27 heavy (non-hydrogen) atoms. The summed E-state index contributed by atoms with van der Waals surface area (Å²) in [6.07, 6.45) is 4.34. The van der Waals surface area contributed by atoms with E-state index >= 15 is 0 Å². The maximum Gasteiger partial charge on any atom is 0.0901 e. The van der Waals surface area contributed by atoms with Gasteiger partial charge in [0.15, 0.2) is 0 Å². The molecule has 3 rings (SSSR count). The van der Waals surface area contributed by atoms with Crippen molar-refractivity contribution < 1.29 is 0 Å². The van der Waals surface area contributed by atoms with Gasteiger partial charge < -0.3 is 21.8 Å². The molecule has 6 N–H and O–H groups in total. The van der Waals surface area contributed by atoms with Gasteiger partial charge in [0.05, 0.1) is 35.3 Å². The number of nitrogens with one attached hydrogen (secondary N) is 2. The second kappa shape index (κ2) is 8.52. The first-order valence-corrected chi connectivity index (χ1v) is 9.38. The molecule has 0 fully saturated rings. The maximum absolute atomic E-state index is 6.48. The molecule has 7 heteroatoms. The van der Waals surface area contributed by atoms with Crippen LogP contribution in [0.5, 0.6) is 0 Å². The third kappa shape index (κ3) is 4.30. The molecule has 0 spiro atoms. The number of nitrogens with zero attached hydrogens (tertiary/aromatic N) is 2. The number of fused-ring (bicyclic) bond motifs is 1. The molecule has 1 atom stereocenters. The molecule has 6 nitrogen and oxygen atoms in total. The van der Waals surface area contributed by atoms with Crippen molar-refractivity contribution in [3.8, 4) is 11.3 Å². The lowest BCUT2D eigenvalue weighted by atomic mass is 10.0. The number of aromatic amines is 1. The largest absolute Gasteiger partial charge is 0.383 e. The van der Waals surface area contributed by atoms with Crippen molar-refractivity contribution in [1.29, 1.82) is 0 Å². The van der Waals surface area contributed by atoms with Crippen molar-refractivity contribution in [1.82, 2.24) is 20.3 Å². The first-order valence-electron chi connectivity index (χ1n) is 9.00. The summed E-state index contributed by atoms with van der Waals surface area (Å²) in [7, 11) is 0. The summed E-state index contributed by atoms with van der Waals surface area (Å²) in [5.74, 6) is 0.283. The molecule has 2 aromatic heterocycles. The van der Waals surface area contributed by atoms with E-state index in [2.05, 4.69) is 39.8 Å². The lowest BCUT2D eigenvalue weighted by molar-refractivity contribution is 0.551. The van der Waals surface area contributed by atoms with E-state index in [1.807, 2.05) is 12.1 Å². The SMILES string of the molecule is C=C(NCc1cc2cc(Cl)c(-c3cnc(CN)cn3)cc2[nH]1)C(CC)CN. The fourth-order valence-corrected chi connectivity index (χ4v) is 3.28. The van der Waals surface area contributed by atoms with Gasteiger partial charge in [0.25, 0.3) is 0 Å². The van der Waals surface area contributed by atoms with Gasteiger partial charge in [-0.05, 0) is 24.6 Å². The lowest BCUT2D eigenvalue weighted by Gasteiger charge is -2.17. The third-order valence-corrected chi connectivity index (χ3v) is 5.04. The summed E-state index contributed by atoms with van der Waals surface area (Å²) in [5, 5.41) is 5.04. The van der Waals surface area contributed by atoms with Crippen LogP contribution in [-0.2, 0) is 13.1 Å². The molecule has 0 radical (unpaired) electrons. The molecular formula is C20H25ClN6. The van der Waals surface area contributed by atoms with E-state index in [-0.39, 0.29) is 5.92 Å². The van der Waals surface area contributed by atoms with Gasteiger partial charge in [0, 0.05) is 46.9 Å². The molecule has 0 bridgehead atoms. The molecule has 2 heterocycles. The number of H-pyrrole nitrogens is 1. The minimum absolute atomic E-state index is 0.283. The van der Waals surface area contributed by atoms with E-state index in [1.54, 1.807) is 12.4 Å². The van der Waals surface area contributed by atoms with Gasteiger partial charge in [-0.1, -0.05) is 25.1 Å². The smallest absolute Gasteiger partial charge is 0.0901 e. The topological polar surface area (TPSA) is 106 Å². The average molecular weight is 385 g/mol. The number of nitrogens with two attached hydrogens (primary N) is 2. The minimum atomic E-state index is 0.283. The van der Waals surface area contributed by atoms with Gasteiger partial charge >= 0.3 is 0 Å². The van der Waals surface area contributed by atoms with Crippen molar-refractivity contribution in [2.75, 3.05) is 6.54 Å². The highest BCUT2D eigenvalue weighted by atomic mass is 35.5. The number of benzene rings is 1. The van der Waals surface area contributed by atoms with Gasteiger partial charge in [-0.3, -0.25) is 9.97 Å². The Bertz CT molecular complexity index is 928. The van der Waals surface area contributed by atoms with Gasteiger partial charge in [0.1, 0.15) is 0 Å². The second-order valence-corrected chi connectivity index (χ2v) is 6.94. The highest BCUT2D eigenvalue weighted by Crippen LogP contribution is 2.31. The Labute approximate surface area is 164 Å². The molecular weight excluding hydrogens is 360 g/mol. The molecule has 0 saturated heterocycles. The summed E-state index contributed by atoms with van der Waals surface area (Å²) >= 11 is 6.48. The van der Waals surface area contributed by atoms with Crippen molar-refractivity contribution in [2.24, 2.45) is 17.4 Å². The van der Waals surface area contributed by atoms with Gasteiger partial charge in [-0.15, -0.1) is 0 Å². The van der Waals surface area contributed by atoms with Gasteiger partial charge in [-0.2, -0.15) is 0 Å². The normalized spacial score (nSPS) is 12.3. The number of halogens is 1. The molecule has 0 amide bonds. The summed E-state index contributed by atoms with van der Waals surface area (Å²) in [6, 6.07) is 6.02. The van der Waals surface area contributed by atoms with Crippen LogP contribution < -0.4 is 16.8 Å². The fraction of sp³-hybridized carbons (Fsp3) is 0.300. The first-order chi connectivity index (χ1) is 13.0. The Morgan fingerprint density at radius 2 is 2.07 bits per heavy atom. The van der Waals surface area contributed by atoms with E-state index in [4.69, 9.17) is 23.1 Å². The highest BCUT2D eigenvalue weighted by Gasteiger charge is 2.11. The Balaban J connectivity index is 1.82. The Kier molecular flexibility index (Phi) is 6.11. The van der Waals surface area contributed by atoms with Crippen LogP contribution in [-0.4, -0.2) is 21.5 Å². The van der Waals surface area contributed by atoms with Crippen LogP contribution in [0.3, 0.4) is 0 Å². The first kappa shape index (κ1) is 19.4. The predicted molar refractivity (Wildman–Crippen MR) is 111 cm³/mol. The molecule has 0 aliphatic heterocycles. The lowest BCUT2D eigenvalue weighted by Crippen LogP contribution is -2.24. The summed E-state index contributed by atoms with van der Waals surface area (Å²) in [6.45, 7) is 7.82. The van der Waals surface area contributed by atoms with E-state index in [1.165, 1.54) is 0 Å². The van der Waals surface area contributed by atoms with Crippen LogP contribution in [0.1, 0.15) is 24.7 Å². The Morgan fingerprint density at radius 3 is 2.70 bits per heavy atom. The van der Waals surface area contributed by atoms with E-state index < -0.39 is 0 Å². The standard InChI is InChI=1S/C20H25ClN6/c1-3-13(7-22)12(2)24-9-15-4-14-5-18(21)17(6-19(14)27-15)20-11-25-16(8-23)10-26-20/h4-6,10-11,13,24,27H,2-3,7-9,22-23H2,1H3. The van der Waals surface area contributed by atoms with Gasteiger partial charge in [-0.25, -0.2) is 0 Å². The molecule has 3 aromatic rings. The number of rotatable bonds is 8. The number of aromatic nitrogens is 3. The van der Waals surface area contributed by atoms with Crippen molar-refractivity contribution >= 4 is 22.5 Å². The Morgan fingerprint density at radius 1 is 1.26 bits per heavy atom. The molecule has 1 aromatic carbocycles. The van der Waals surface area contributed by atoms with Crippen LogP contribution >= 0.6 is 11.6 Å². The summed E-state index contributed by atoms with van der Waals surface area (Å²) in [5.41, 5.74) is 16.7. The number of hydrogen-bond donors (Lipinski definition) is 4.